The third kappa shape index (κ3) is 5.67. The average Bonchev–Trinajstić information content (AvgIpc) is 2.83. The van der Waals surface area contributed by atoms with E-state index in [1.807, 2.05) is 60.4 Å². The molecule has 1 fully saturated rings. The number of carbonyl (C=O) groups excluding carboxylic acids is 1. The van der Waals surface area contributed by atoms with Crippen molar-refractivity contribution in [1.29, 1.82) is 0 Å². The molecule has 3 aromatic rings. The quantitative estimate of drug-likeness (QED) is 0.567. The second kappa shape index (κ2) is 10.3. The number of thioether (sulfide) groups is 1. The maximum Gasteiger partial charge on any atom is 0.235 e. The number of carbonyl (C=O) groups is 1. The van der Waals surface area contributed by atoms with Gasteiger partial charge in [-0.25, -0.2) is 0 Å². The van der Waals surface area contributed by atoms with E-state index in [4.69, 9.17) is 5.73 Å². The summed E-state index contributed by atoms with van der Waals surface area (Å²) in [5.41, 5.74) is 7.94. The number of nitrogens with two attached hydrogens (primary N) is 1. The first-order valence-corrected chi connectivity index (χ1v) is 11.7. The number of hydrogen-bond acceptors (Lipinski definition) is 8. The maximum atomic E-state index is 12.9. The molecule has 1 aromatic heterocycles. The molecule has 1 aliphatic heterocycles. The number of hydrogen-bond donors (Lipinski definition) is 2. The van der Waals surface area contributed by atoms with Crippen LogP contribution in [0.2, 0.25) is 0 Å². The fourth-order valence-electron chi connectivity index (χ4n) is 3.56. The van der Waals surface area contributed by atoms with Crippen LogP contribution < -0.4 is 16.0 Å². The molecule has 1 amide bonds. The highest BCUT2D eigenvalue weighted by Gasteiger charge is 2.25. The van der Waals surface area contributed by atoms with Gasteiger partial charge in [0.05, 0.1) is 11.0 Å². The molecule has 9 heteroatoms. The van der Waals surface area contributed by atoms with E-state index >= 15 is 0 Å². The number of para-hydroxylation sites is 2. The first-order chi connectivity index (χ1) is 15.6. The van der Waals surface area contributed by atoms with Crippen molar-refractivity contribution in [3.05, 3.63) is 66.5 Å². The van der Waals surface area contributed by atoms with E-state index < -0.39 is 0 Å². The summed E-state index contributed by atoms with van der Waals surface area (Å²) in [6.07, 6.45) is 0. The summed E-state index contributed by atoms with van der Waals surface area (Å²) in [6, 6.07) is 20.0. The van der Waals surface area contributed by atoms with Crippen LogP contribution in [0.4, 0.5) is 23.3 Å². The van der Waals surface area contributed by atoms with Gasteiger partial charge in [-0.1, -0.05) is 36.4 Å². The number of nitrogens with zero attached hydrogens (tertiary/aromatic N) is 5. The molecular weight excluding hydrogens is 422 g/mol. The average molecular weight is 450 g/mol. The number of amides is 1. The van der Waals surface area contributed by atoms with Crippen molar-refractivity contribution in [3.8, 4) is 0 Å². The number of benzene rings is 2. The lowest BCUT2D eigenvalue weighted by Gasteiger charge is -2.37. The van der Waals surface area contributed by atoms with E-state index in [9.17, 15) is 4.79 Å². The van der Waals surface area contributed by atoms with E-state index in [0.717, 1.165) is 31.9 Å². The Bertz CT molecular complexity index is 1030. The predicted molar refractivity (Wildman–Crippen MR) is 130 cm³/mol. The van der Waals surface area contributed by atoms with Gasteiger partial charge >= 0.3 is 0 Å². The van der Waals surface area contributed by atoms with Crippen LogP contribution in [0, 0.1) is 0 Å². The van der Waals surface area contributed by atoms with Gasteiger partial charge < -0.3 is 20.9 Å². The normalized spacial score (nSPS) is 14.8. The van der Waals surface area contributed by atoms with Crippen molar-refractivity contribution in [3.63, 3.8) is 0 Å². The van der Waals surface area contributed by atoms with Crippen LogP contribution in [0.25, 0.3) is 0 Å². The Morgan fingerprint density at radius 3 is 2.34 bits per heavy atom. The molecule has 1 atom stereocenters. The minimum atomic E-state index is -0.193. The van der Waals surface area contributed by atoms with Crippen LogP contribution in [0.15, 0.2) is 60.7 Å². The standard InChI is InChI=1S/C23H27N7OS/c1-17(21(31)30-14-12-29(13-15-30)19-10-6-3-7-11-19)32-16-20-26-22(24)28-23(27-20)25-18-8-4-2-5-9-18/h2-11,17H,12-16H2,1H3,(H3,24,25,26,27,28)/t17-/m1/s1. The van der Waals surface area contributed by atoms with E-state index in [1.54, 1.807) is 0 Å². The smallest absolute Gasteiger partial charge is 0.235 e. The van der Waals surface area contributed by atoms with Gasteiger partial charge in [0.2, 0.25) is 17.8 Å². The number of nitrogen functional groups attached to an aromatic ring is 1. The minimum Gasteiger partial charge on any atom is -0.368 e. The lowest BCUT2D eigenvalue weighted by atomic mass is 10.2. The third-order valence-electron chi connectivity index (χ3n) is 5.25. The van der Waals surface area contributed by atoms with Crippen LogP contribution in [-0.4, -0.2) is 57.2 Å². The van der Waals surface area contributed by atoms with Crippen LogP contribution in [-0.2, 0) is 10.5 Å². The monoisotopic (exact) mass is 449 g/mol. The molecule has 2 heterocycles. The zero-order chi connectivity index (χ0) is 22.3. The van der Waals surface area contributed by atoms with Gasteiger partial charge in [0.1, 0.15) is 5.82 Å². The predicted octanol–water partition coefficient (Wildman–Crippen LogP) is 3.17. The number of nitrogens with one attached hydrogen (secondary N) is 1. The Labute approximate surface area is 192 Å². The molecule has 0 radical (unpaired) electrons. The summed E-state index contributed by atoms with van der Waals surface area (Å²) < 4.78 is 0. The summed E-state index contributed by atoms with van der Waals surface area (Å²) in [6.45, 7) is 5.06. The third-order valence-corrected chi connectivity index (χ3v) is 6.38. The van der Waals surface area contributed by atoms with Crippen molar-refractivity contribution in [2.75, 3.05) is 42.1 Å². The van der Waals surface area contributed by atoms with Crippen molar-refractivity contribution in [1.82, 2.24) is 19.9 Å². The molecule has 2 aromatic carbocycles. The zero-order valence-electron chi connectivity index (χ0n) is 18.0. The van der Waals surface area contributed by atoms with Gasteiger partial charge in [0.25, 0.3) is 0 Å². The van der Waals surface area contributed by atoms with Gasteiger partial charge in [-0.3, -0.25) is 4.79 Å². The molecule has 1 aliphatic rings. The lowest BCUT2D eigenvalue weighted by molar-refractivity contribution is -0.130. The summed E-state index contributed by atoms with van der Waals surface area (Å²) >= 11 is 1.51. The Morgan fingerprint density at radius 1 is 1.00 bits per heavy atom. The lowest BCUT2D eigenvalue weighted by Crippen LogP contribution is -2.50. The van der Waals surface area contributed by atoms with E-state index in [2.05, 4.69) is 37.3 Å². The van der Waals surface area contributed by atoms with Gasteiger partial charge in [-0.05, 0) is 31.2 Å². The minimum absolute atomic E-state index is 0.146. The molecule has 0 spiro atoms. The van der Waals surface area contributed by atoms with Gasteiger partial charge in [-0.15, -0.1) is 11.8 Å². The molecule has 0 saturated carbocycles. The Balaban J connectivity index is 1.30. The number of anilines is 4. The van der Waals surface area contributed by atoms with Crippen molar-refractivity contribution < 1.29 is 4.79 Å². The molecule has 3 N–H and O–H groups in total. The highest BCUT2D eigenvalue weighted by molar-refractivity contribution is 7.99. The second-order valence-corrected chi connectivity index (χ2v) is 8.85. The molecule has 4 rings (SSSR count). The highest BCUT2D eigenvalue weighted by atomic mass is 32.2. The highest BCUT2D eigenvalue weighted by Crippen LogP contribution is 2.21. The van der Waals surface area contributed by atoms with Crippen molar-refractivity contribution in [2.24, 2.45) is 0 Å². The van der Waals surface area contributed by atoms with Crippen LogP contribution in [0.5, 0.6) is 0 Å². The first kappa shape index (κ1) is 21.9. The number of rotatable bonds is 7. The summed E-state index contributed by atoms with van der Waals surface area (Å²) in [5.74, 6) is 1.73. The molecule has 0 unspecified atom stereocenters. The Morgan fingerprint density at radius 2 is 1.66 bits per heavy atom. The number of piperazine rings is 1. The zero-order valence-corrected chi connectivity index (χ0v) is 18.8. The summed E-state index contributed by atoms with van der Waals surface area (Å²) in [4.78, 5) is 30.0. The number of aromatic nitrogens is 3. The Kier molecular flexibility index (Phi) is 7.06. The Hall–Kier alpha value is -3.33. The molecule has 0 aliphatic carbocycles. The van der Waals surface area contributed by atoms with E-state index in [1.165, 1.54) is 17.4 Å². The second-order valence-electron chi connectivity index (χ2n) is 7.53. The fraction of sp³-hybridized carbons (Fsp3) is 0.304. The van der Waals surface area contributed by atoms with Crippen molar-refractivity contribution >= 4 is 40.9 Å². The molecular formula is C23H27N7OS. The summed E-state index contributed by atoms with van der Waals surface area (Å²) in [5, 5.41) is 2.94. The van der Waals surface area contributed by atoms with Crippen molar-refractivity contribution in [2.45, 2.75) is 17.9 Å². The van der Waals surface area contributed by atoms with Gasteiger partial charge in [0.15, 0.2) is 0 Å². The van der Waals surface area contributed by atoms with Crippen LogP contribution in [0.3, 0.4) is 0 Å². The molecule has 32 heavy (non-hydrogen) atoms. The van der Waals surface area contributed by atoms with E-state index in [0.29, 0.717) is 17.5 Å². The largest absolute Gasteiger partial charge is 0.368 e. The summed E-state index contributed by atoms with van der Waals surface area (Å²) in [7, 11) is 0. The molecule has 166 valence electrons. The maximum absolute atomic E-state index is 12.9. The molecule has 0 bridgehead atoms. The molecule has 8 nitrogen and oxygen atoms in total. The van der Waals surface area contributed by atoms with Crippen LogP contribution >= 0.6 is 11.8 Å². The topological polar surface area (TPSA) is 100 Å². The fourth-order valence-corrected chi connectivity index (χ4v) is 4.38. The molecule has 1 saturated heterocycles. The van der Waals surface area contributed by atoms with E-state index in [-0.39, 0.29) is 17.1 Å². The van der Waals surface area contributed by atoms with Crippen LogP contribution in [0.1, 0.15) is 12.7 Å². The van der Waals surface area contributed by atoms with Gasteiger partial charge in [-0.2, -0.15) is 15.0 Å². The van der Waals surface area contributed by atoms with Gasteiger partial charge in [0, 0.05) is 37.6 Å². The first-order valence-electron chi connectivity index (χ1n) is 10.6. The SMILES string of the molecule is C[C@@H](SCc1nc(N)nc(Nc2ccccc2)n1)C(=O)N1CCN(c2ccccc2)CC1.